The van der Waals surface area contributed by atoms with Crippen molar-refractivity contribution in [1.29, 1.82) is 0 Å². The second kappa shape index (κ2) is 2.77. The number of urea groups is 1. The van der Waals surface area contributed by atoms with Gasteiger partial charge in [0.2, 0.25) is 0 Å². The zero-order valence-corrected chi connectivity index (χ0v) is 7.38. The highest BCUT2D eigenvalue weighted by Gasteiger charge is 2.23. The van der Waals surface area contributed by atoms with E-state index in [1.807, 2.05) is 0 Å². The van der Waals surface area contributed by atoms with E-state index in [-0.39, 0.29) is 0 Å². The van der Waals surface area contributed by atoms with Gasteiger partial charge < -0.3 is 11.1 Å². The van der Waals surface area contributed by atoms with Gasteiger partial charge in [-0.1, -0.05) is 11.6 Å². The summed E-state index contributed by atoms with van der Waals surface area (Å²) in [6, 6.07) is 1.13. The van der Waals surface area contributed by atoms with Crippen molar-refractivity contribution in [2.75, 3.05) is 16.9 Å². The molecule has 0 bridgehead atoms. The van der Waals surface area contributed by atoms with E-state index >= 15 is 0 Å². The molecule has 0 atom stereocenters. The number of anilines is 2. The first kappa shape index (κ1) is 8.12. The number of nitrogens with zero attached hydrogens (tertiary/aromatic N) is 2. The van der Waals surface area contributed by atoms with Crippen LogP contribution in [0.25, 0.3) is 0 Å². The summed E-state index contributed by atoms with van der Waals surface area (Å²) < 4.78 is 0. The van der Waals surface area contributed by atoms with E-state index in [0.717, 1.165) is 0 Å². The number of amides is 2. The molecule has 0 aromatic carbocycles. The van der Waals surface area contributed by atoms with E-state index < -0.39 is 6.03 Å². The van der Waals surface area contributed by atoms with Gasteiger partial charge in [0.15, 0.2) is 5.82 Å². The van der Waals surface area contributed by atoms with Crippen LogP contribution >= 0.6 is 11.6 Å². The zero-order chi connectivity index (χ0) is 9.42. The quantitative estimate of drug-likeness (QED) is 0.654. The van der Waals surface area contributed by atoms with Crippen molar-refractivity contribution in [2.45, 2.75) is 0 Å². The van der Waals surface area contributed by atoms with Crippen LogP contribution in [0.4, 0.5) is 16.3 Å². The third-order valence-corrected chi connectivity index (χ3v) is 2.00. The van der Waals surface area contributed by atoms with Crippen LogP contribution in [0.1, 0.15) is 0 Å². The van der Waals surface area contributed by atoms with E-state index in [4.69, 9.17) is 17.3 Å². The molecule has 3 N–H and O–H groups in total. The molecule has 0 saturated carbocycles. The fraction of sp³-hybridized carbons (Fsp3) is 0.143. The van der Waals surface area contributed by atoms with Crippen LogP contribution < -0.4 is 16.0 Å². The molecule has 1 aliphatic heterocycles. The zero-order valence-electron chi connectivity index (χ0n) is 6.62. The number of carbonyl (C=O) groups excluding carboxylic acids is 1. The Hall–Kier alpha value is -1.49. The Bertz CT molecular complexity index is 368. The summed E-state index contributed by atoms with van der Waals surface area (Å²) >= 11 is 5.72. The third kappa shape index (κ3) is 1.27. The molecular weight excluding hydrogens is 192 g/mol. The standard InChI is InChI=1S/C7H7ClN4O/c8-4-1-5-6(10-2-4)11-3-12(5)7(9)13/h1-2H,3H2,(H2,9,13)(H,10,11). The molecule has 1 aliphatic rings. The molecule has 0 unspecified atom stereocenters. The number of hydrogen-bond donors (Lipinski definition) is 2. The van der Waals surface area contributed by atoms with Crippen LogP contribution in [0.3, 0.4) is 0 Å². The van der Waals surface area contributed by atoms with E-state index in [1.54, 1.807) is 6.07 Å². The molecule has 0 fully saturated rings. The molecule has 1 aromatic heterocycles. The lowest BCUT2D eigenvalue weighted by atomic mass is 10.4. The van der Waals surface area contributed by atoms with Gasteiger partial charge >= 0.3 is 6.03 Å². The van der Waals surface area contributed by atoms with Gasteiger partial charge in [0, 0.05) is 6.20 Å². The van der Waals surface area contributed by atoms with Crippen molar-refractivity contribution in [3.05, 3.63) is 17.3 Å². The minimum absolute atomic E-state index is 0.345. The highest BCUT2D eigenvalue weighted by atomic mass is 35.5. The number of fused-ring (bicyclic) bond motifs is 1. The molecule has 0 saturated heterocycles. The second-order valence-corrected chi connectivity index (χ2v) is 3.06. The minimum Gasteiger partial charge on any atom is -0.351 e. The molecule has 6 heteroatoms. The Balaban J connectivity index is 2.46. The Labute approximate surface area is 79.5 Å². The lowest BCUT2D eigenvalue weighted by molar-refractivity contribution is 0.254. The predicted molar refractivity (Wildman–Crippen MR) is 49.8 cm³/mol. The molecule has 5 nitrogen and oxygen atoms in total. The van der Waals surface area contributed by atoms with Gasteiger partial charge in [-0.15, -0.1) is 0 Å². The van der Waals surface area contributed by atoms with E-state index in [0.29, 0.717) is 23.2 Å². The summed E-state index contributed by atoms with van der Waals surface area (Å²) in [7, 11) is 0. The summed E-state index contributed by atoms with van der Waals surface area (Å²) in [5, 5.41) is 3.39. The average molecular weight is 199 g/mol. The molecule has 2 rings (SSSR count). The summed E-state index contributed by atoms with van der Waals surface area (Å²) in [6.07, 6.45) is 1.51. The molecule has 2 amide bonds. The molecule has 0 spiro atoms. The number of pyridine rings is 1. The summed E-state index contributed by atoms with van der Waals surface area (Å²) in [5.41, 5.74) is 5.76. The molecular formula is C7H7ClN4O. The van der Waals surface area contributed by atoms with Gasteiger partial charge in [0.25, 0.3) is 0 Å². The third-order valence-electron chi connectivity index (χ3n) is 1.80. The topological polar surface area (TPSA) is 71.2 Å². The maximum Gasteiger partial charge on any atom is 0.320 e. The van der Waals surface area contributed by atoms with Crippen LogP contribution in [0, 0.1) is 0 Å². The number of hydrogen-bond acceptors (Lipinski definition) is 3. The van der Waals surface area contributed by atoms with Crippen molar-refractivity contribution in [2.24, 2.45) is 5.73 Å². The van der Waals surface area contributed by atoms with Gasteiger partial charge in [0.1, 0.15) is 0 Å². The largest absolute Gasteiger partial charge is 0.351 e. The van der Waals surface area contributed by atoms with Gasteiger partial charge in [0.05, 0.1) is 17.4 Å². The molecule has 13 heavy (non-hydrogen) atoms. The van der Waals surface area contributed by atoms with Crippen molar-refractivity contribution < 1.29 is 4.79 Å². The first-order valence-electron chi connectivity index (χ1n) is 3.65. The van der Waals surface area contributed by atoms with Crippen molar-refractivity contribution in [3.8, 4) is 0 Å². The van der Waals surface area contributed by atoms with Crippen molar-refractivity contribution >= 4 is 29.1 Å². The first-order valence-corrected chi connectivity index (χ1v) is 4.02. The Morgan fingerprint density at radius 2 is 2.54 bits per heavy atom. The normalized spacial score (nSPS) is 13.8. The molecule has 0 radical (unpaired) electrons. The fourth-order valence-corrected chi connectivity index (χ4v) is 1.36. The van der Waals surface area contributed by atoms with Crippen LogP contribution in [0.15, 0.2) is 12.3 Å². The monoisotopic (exact) mass is 198 g/mol. The van der Waals surface area contributed by atoms with Crippen LogP contribution in [0.5, 0.6) is 0 Å². The van der Waals surface area contributed by atoms with Crippen LogP contribution in [-0.4, -0.2) is 17.7 Å². The van der Waals surface area contributed by atoms with Crippen molar-refractivity contribution in [3.63, 3.8) is 0 Å². The molecule has 2 heterocycles. The smallest absolute Gasteiger partial charge is 0.320 e. The maximum absolute atomic E-state index is 10.9. The minimum atomic E-state index is -0.518. The van der Waals surface area contributed by atoms with E-state index in [1.165, 1.54) is 11.1 Å². The number of nitrogens with two attached hydrogens (primary N) is 1. The van der Waals surface area contributed by atoms with Crippen molar-refractivity contribution in [1.82, 2.24) is 4.98 Å². The Kier molecular flexibility index (Phi) is 1.73. The fourth-order valence-electron chi connectivity index (χ4n) is 1.21. The number of primary amides is 1. The molecule has 1 aromatic rings. The van der Waals surface area contributed by atoms with Gasteiger partial charge in [-0.2, -0.15) is 0 Å². The number of aromatic nitrogens is 1. The van der Waals surface area contributed by atoms with Crippen LogP contribution in [-0.2, 0) is 0 Å². The first-order chi connectivity index (χ1) is 6.18. The second-order valence-electron chi connectivity index (χ2n) is 2.62. The van der Waals surface area contributed by atoms with Crippen LogP contribution in [0.2, 0.25) is 5.02 Å². The SMILES string of the molecule is NC(=O)N1CNc2ncc(Cl)cc21. The lowest BCUT2D eigenvalue weighted by Gasteiger charge is -2.11. The lowest BCUT2D eigenvalue weighted by Crippen LogP contribution is -2.35. The Morgan fingerprint density at radius 3 is 3.23 bits per heavy atom. The maximum atomic E-state index is 10.9. The molecule has 68 valence electrons. The summed E-state index contributed by atoms with van der Waals surface area (Å²) in [6.45, 7) is 0.345. The number of halogens is 1. The van der Waals surface area contributed by atoms with Gasteiger partial charge in [-0.3, -0.25) is 4.90 Å². The highest BCUT2D eigenvalue weighted by Crippen LogP contribution is 2.30. The average Bonchev–Trinajstić information content (AvgIpc) is 2.46. The predicted octanol–water partition coefficient (Wildman–Crippen LogP) is 1.00. The summed E-state index contributed by atoms with van der Waals surface area (Å²) in [5.74, 6) is 0.628. The highest BCUT2D eigenvalue weighted by molar-refractivity contribution is 6.31. The number of carbonyl (C=O) groups is 1. The van der Waals surface area contributed by atoms with Gasteiger partial charge in [-0.25, -0.2) is 9.78 Å². The van der Waals surface area contributed by atoms with Gasteiger partial charge in [-0.05, 0) is 6.07 Å². The Morgan fingerprint density at radius 1 is 1.77 bits per heavy atom. The molecule has 0 aliphatic carbocycles. The number of rotatable bonds is 0. The van der Waals surface area contributed by atoms with E-state index in [2.05, 4.69) is 10.3 Å². The van der Waals surface area contributed by atoms with E-state index in [9.17, 15) is 4.79 Å². The summed E-state index contributed by atoms with van der Waals surface area (Å²) in [4.78, 5) is 16.3. The number of nitrogens with one attached hydrogen (secondary N) is 1.